The molecule has 146 valence electrons. The molecule has 1 saturated heterocycles. The summed E-state index contributed by atoms with van der Waals surface area (Å²) in [6.07, 6.45) is 1.07. The lowest BCUT2D eigenvalue weighted by Gasteiger charge is -2.25. The zero-order valence-corrected chi connectivity index (χ0v) is 17.1. The third kappa shape index (κ3) is 3.75. The third-order valence-corrected chi connectivity index (χ3v) is 5.97. The van der Waals surface area contributed by atoms with Crippen molar-refractivity contribution >= 4 is 22.4 Å². The van der Waals surface area contributed by atoms with Crippen LogP contribution in [0.4, 0.5) is 10.8 Å². The van der Waals surface area contributed by atoms with Crippen LogP contribution in [0.3, 0.4) is 0 Å². The first-order chi connectivity index (χ1) is 13.7. The molecule has 1 atom stereocenters. The van der Waals surface area contributed by atoms with Crippen LogP contribution in [-0.2, 0) is 0 Å². The van der Waals surface area contributed by atoms with Crippen molar-refractivity contribution in [3.63, 3.8) is 0 Å². The largest absolute Gasteiger partial charge is 0.497 e. The van der Waals surface area contributed by atoms with E-state index in [0.29, 0.717) is 6.04 Å². The Labute approximate surface area is 169 Å². The van der Waals surface area contributed by atoms with Crippen LogP contribution >= 0.6 is 11.5 Å². The fraction of sp³-hybridized carbons (Fsp3) is 0.333. The van der Waals surface area contributed by atoms with Crippen LogP contribution in [0.25, 0.3) is 11.4 Å². The first-order valence-corrected chi connectivity index (χ1v) is 10.0. The molecule has 0 N–H and O–H groups in total. The Morgan fingerprint density at radius 2 is 1.79 bits per heavy atom. The van der Waals surface area contributed by atoms with Gasteiger partial charge in [0.2, 0.25) is 5.13 Å². The van der Waals surface area contributed by atoms with Crippen LogP contribution < -0.4 is 19.3 Å². The van der Waals surface area contributed by atoms with Gasteiger partial charge in [0, 0.05) is 61.1 Å². The van der Waals surface area contributed by atoms with E-state index in [4.69, 9.17) is 14.5 Å². The summed E-state index contributed by atoms with van der Waals surface area (Å²) >= 11 is 1.45. The van der Waals surface area contributed by atoms with E-state index in [2.05, 4.69) is 33.4 Å². The summed E-state index contributed by atoms with van der Waals surface area (Å²) in [6, 6.07) is 16.5. The molecule has 1 unspecified atom stereocenters. The molecule has 28 heavy (non-hydrogen) atoms. The Kier molecular flexibility index (Phi) is 5.34. The van der Waals surface area contributed by atoms with E-state index in [0.717, 1.165) is 53.2 Å². The fourth-order valence-corrected chi connectivity index (χ4v) is 4.21. The van der Waals surface area contributed by atoms with E-state index < -0.39 is 0 Å². The molecule has 7 heteroatoms. The maximum Gasteiger partial charge on any atom is 0.205 e. The molecule has 2 aromatic carbocycles. The Bertz CT molecular complexity index is 909. The van der Waals surface area contributed by atoms with E-state index in [1.54, 1.807) is 14.2 Å². The van der Waals surface area contributed by atoms with Gasteiger partial charge in [-0.25, -0.2) is 0 Å². The third-order valence-electron chi connectivity index (χ3n) is 5.16. The Hall–Kier alpha value is -2.80. The van der Waals surface area contributed by atoms with Crippen molar-refractivity contribution in [3.05, 3.63) is 48.5 Å². The van der Waals surface area contributed by atoms with Gasteiger partial charge in [0.15, 0.2) is 5.82 Å². The zero-order valence-electron chi connectivity index (χ0n) is 16.3. The number of likely N-dealkylation sites (N-methyl/N-ethyl adjacent to an activating group) is 1. The van der Waals surface area contributed by atoms with Crippen LogP contribution in [0.2, 0.25) is 0 Å². The second-order valence-electron chi connectivity index (χ2n) is 6.84. The zero-order chi connectivity index (χ0) is 19.5. The van der Waals surface area contributed by atoms with Crippen molar-refractivity contribution in [2.45, 2.75) is 12.5 Å². The van der Waals surface area contributed by atoms with Crippen molar-refractivity contribution in [1.82, 2.24) is 9.36 Å². The number of nitrogens with zero attached hydrogens (tertiary/aromatic N) is 4. The van der Waals surface area contributed by atoms with E-state index in [9.17, 15) is 0 Å². The number of ether oxygens (including phenoxy) is 2. The van der Waals surface area contributed by atoms with Gasteiger partial charge in [0.25, 0.3) is 0 Å². The second kappa shape index (κ2) is 8.06. The molecule has 4 rings (SSSR count). The van der Waals surface area contributed by atoms with Gasteiger partial charge >= 0.3 is 0 Å². The van der Waals surface area contributed by atoms with Gasteiger partial charge in [-0.15, -0.1) is 0 Å². The maximum absolute atomic E-state index is 5.41. The number of anilines is 2. The molecule has 0 saturated carbocycles. The van der Waals surface area contributed by atoms with Crippen LogP contribution in [0, 0.1) is 0 Å². The van der Waals surface area contributed by atoms with Crippen molar-refractivity contribution in [2.75, 3.05) is 44.2 Å². The average molecular weight is 397 g/mol. The lowest BCUT2D eigenvalue weighted by atomic mass is 10.2. The van der Waals surface area contributed by atoms with Crippen molar-refractivity contribution in [1.29, 1.82) is 0 Å². The molecule has 1 aliphatic heterocycles. The molecule has 1 aliphatic rings. The molecule has 0 bridgehead atoms. The molecular weight excluding hydrogens is 372 g/mol. The highest BCUT2D eigenvalue weighted by atomic mass is 32.1. The lowest BCUT2D eigenvalue weighted by Crippen LogP contribution is -2.34. The fourth-order valence-electron chi connectivity index (χ4n) is 3.49. The Balaban J connectivity index is 1.48. The standard InChI is InChI=1S/C21H24N4O2S/c1-24(21-22-20(23-28-21)15-7-5-4-6-8-15)16-9-10-25(14-16)17-11-18(26-2)13-19(12-17)27-3/h4-8,11-13,16H,9-10,14H2,1-3H3. The molecule has 6 nitrogen and oxygen atoms in total. The van der Waals surface area contributed by atoms with E-state index >= 15 is 0 Å². The molecule has 0 amide bonds. The summed E-state index contributed by atoms with van der Waals surface area (Å²) in [7, 11) is 5.47. The SMILES string of the molecule is COc1cc(OC)cc(N2CCC(N(C)c3nc(-c4ccccc4)ns3)C2)c1. The van der Waals surface area contributed by atoms with E-state index in [-0.39, 0.29) is 0 Å². The van der Waals surface area contributed by atoms with Gasteiger partial charge in [-0.2, -0.15) is 9.36 Å². The van der Waals surface area contributed by atoms with E-state index in [1.165, 1.54) is 11.5 Å². The molecular formula is C21H24N4O2S. The molecule has 2 heterocycles. The first-order valence-electron chi connectivity index (χ1n) is 9.28. The lowest BCUT2D eigenvalue weighted by molar-refractivity contribution is 0.394. The highest BCUT2D eigenvalue weighted by molar-refractivity contribution is 7.09. The second-order valence-corrected chi connectivity index (χ2v) is 7.57. The predicted octanol–water partition coefficient (Wildman–Crippen LogP) is 3.94. The molecule has 1 fully saturated rings. The smallest absolute Gasteiger partial charge is 0.205 e. The molecule has 0 radical (unpaired) electrons. The molecule has 1 aromatic heterocycles. The minimum absolute atomic E-state index is 0.383. The van der Waals surface area contributed by atoms with Crippen LogP contribution in [-0.4, -0.2) is 49.8 Å². The summed E-state index contributed by atoms with van der Waals surface area (Å²) in [5, 5.41) is 0.953. The van der Waals surface area contributed by atoms with Gasteiger partial charge in [-0.05, 0) is 6.42 Å². The van der Waals surface area contributed by atoms with Crippen molar-refractivity contribution in [3.8, 4) is 22.9 Å². The van der Waals surface area contributed by atoms with Crippen molar-refractivity contribution < 1.29 is 9.47 Å². The minimum atomic E-state index is 0.383. The number of rotatable bonds is 6. The van der Waals surface area contributed by atoms with Crippen LogP contribution in [0.5, 0.6) is 11.5 Å². The topological polar surface area (TPSA) is 50.7 Å². The molecule has 0 spiro atoms. The average Bonchev–Trinajstić information content (AvgIpc) is 3.43. The number of aromatic nitrogens is 2. The summed E-state index contributed by atoms with van der Waals surface area (Å²) < 4.78 is 15.4. The van der Waals surface area contributed by atoms with Crippen LogP contribution in [0.15, 0.2) is 48.5 Å². The number of benzene rings is 2. The first kappa shape index (κ1) is 18.6. The van der Waals surface area contributed by atoms with Gasteiger partial charge in [0.05, 0.1) is 20.3 Å². The number of methoxy groups -OCH3 is 2. The monoisotopic (exact) mass is 396 g/mol. The molecule has 3 aromatic rings. The van der Waals surface area contributed by atoms with Gasteiger partial charge in [-0.3, -0.25) is 0 Å². The summed E-state index contributed by atoms with van der Waals surface area (Å²) in [4.78, 5) is 9.37. The maximum atomic E-state index is 5.41. The summed E-state index contributed by atoms with van der Waals surface area (Å²) in [5.41, 5.74) is 2.17. The van der Waals surface area contributed by atoms with Crippen molar-refractivity contribution in [2.24, 2.45) is 0 Å². The summed E-state index contributed by atoms with van der Waals surface area (Å²) in [6.45, 7) is 1.91. The predicted molar refractivity (Wildman–Crippen MR) is 114 cm³/mol. The highest BCUT2D eigenvalue weighted by Gasteiger charge is 2.28. The highest BCUT2D eigenvalue weighted by Crippen LogP contribution is 2.32. The number of hydrogen-bond donors (Lipinski definition) is 0. The van der Waals surface area contributed by atoms with Gasteiger partial charge in [0.1, 0.15) is 11.5 Å². The summed E-state index contributed by atoms with van der Waals surface area (Å²) in [5.74, 6) is 2.41. The van der Waals surface area contributed by atoms with Crippen LogP contribution in [0.1, 0.15) is 6.42 Å². The minimum Gasteiger partial charge on any atom is -0.497 e. The number of hydrogen-bond acceptors (Lipinski definition) is 7. The Morgan fingerprint density at radius 1 is 1.07 bits per heavy atom. The molecule has 0 aliphatic carbocycles. The van der Waals surface area contributed by atoms with Gasteiger partial charge in [-0.1, -0.05) is 30.3 Å². The normalized spacial score (nSPS) is 16.2. The van der Waals surface area contributed by atoms with E-state index in [1.807, 2.05) is 36.4 Å². The Morgan fingerprint density at radius 3 is 2.46 bits per heavy atom. The quantitative estimate of drug-likeness (QED) is 0.629. The van der Waals surface area contributed by atoms with Gasteiger partial charge < -0.3 is 19.3 Å².